The number of carbonyl (C=O) groups is 2. The molecule has 0 radical (unpaired) electrons. The molecular formula is C26H20ClF2N3O2. The lowest BCUT2D eigenvalue weighted by Gasteiger charge is -2.34. The normalized spacial score (nSPS) is 17.9. The van der Waals surface area contributed by atoms with Crippen molar-refractivity contribution in [2.45, 2.75) is 25.9 Å². The topological polar surface area (TPSA) is 62.3 Å². The van der Waals surface area contributed by atoms with Gasteiger partial charge in [0.15, 0.2) is 0 Å². The predicted molar refractivity (Wildman–Crippen MR) is 125 cm³/mol. The second-order valence-electron chi connectivity index (χ2n) is 8.43. The van der Waals surface area contributed by atoms with Gasteiger partial charge in [0.2, 0.25) is 0 Å². The molecular weight excluding hydrogens is 460 g/mol. The third-order valence-corrected chi connectivity index (χ3v) is 6.52. The van der Waals surface area contributed by atoms with E-state index in [0.717, 1.165) is 0 Å². The van der Waals surface area contributed by atoms with Crippen LogP contribution in [-0.4, -0.2) is 16.7 Å². The standard InChI is InChI=1S/C26H20ClF2N3O2/c1-14-24(26(34)31-25(19-11-22(19)33)15-4-2-5-16(28)10-15)18-6-3-7-21(29)20(18)13-32(14)17-8-9-23(27)30-12-17/h2-10,12,19,25H,11,13H2,1H3,(H,31,34)/t19?,25-/m1/s1. The number of pyridine rings is 1. The number of hydrogen-bond donors (Lipinski definition) is 1. The summed E-state index contributed by atoms with van der Waals surface area (Å²) >= 11 is 5.93. The lowest BCUT2D eigenvalue weighted by molar-refractivity contribution is -0.116. The third kappa shape index (κ3) is 4.07. The minimum Gasteiger partial charge on any atom is -0.344 e. The first-order valence-electron chi connectivity index (χ1n) is 10.8. The molecule has 1 aromatic heterocycles. The summed E-state index contributed by atoms with van der Waals surface area (Å²) in [4.78, 5) is 31.5. The Labute approximate surface area is 200 Å². The van der Waals surface area contributed by atoms with Crippen molar-refractivity contribution in [1.82, 2.24) is 10.3 Å². The van der Waals surface area contributed by atoms with E-state index in [1.807, 2.05) is 0 Å². The van der Waals surface area contributed by atoms with Crippen LogP contribution in [0.4, 0.5) is 14.5 Å². The fourth-order valence-electron chi connectivity index (χ4n) is 4.45. The molecule has 1 N–H and O–H groups in total. The van der Waals surface area contributed by atoms with Gasteiger partial charge in [0.1, 0.15) is 22.6 Å². The molecule has 2 heterocycles. The summed E-state index contributed by atoms with van der Waals surface area (Å²) < 4.78 is 28.7. The Hall–Kier alpha value is -3.58. The molecule has 2 aliphatic rings. The van der Waals surface area contributed by atoms with Gasteiger partial charge in [-0.1, -0.05) is 35.9 Å². The average Bonchev–Trinajstić information content (AvgIpc) is 3.54. The molecule has 1 saturated carbocycles. The summed E-state index contributed by atoms with van der Waals surface area (Å²) in [5.74, 6) is -1.76. The minimum atomic E-state index is -0.680. The van der Waals surface area contributed by atoms with Crippen LogP contribution in [0.15, 0.2) is 66.5 Å². The van der Waals surface area contributed by atoms with Crippen LogP contribution in [0.1, 0.15) is 36.1 Å². The monoisotopic (exact) mass is 479 g/mol. The van der Waals surface area contributed by atoms with E-state index in [9.17, 15) is 18.4 Å². The van der Waals surface area contributed by atoms with Crippen LogP contribution in [0.3, 0.4) is 0 Å². The Kier molecular flexibility index (Phi) is 5.65. The van der Waals surface area contributed by atoms with Gasteiger partial charge in [0, 0.05) is 23.6 Å². The first-order chi connectivity index (χ1) is 16.3. The second-order valence-corrected chi connectivity index (χ2v) is 8.82. The van der Waals surface area contributed by atoms with Gasteiger partial charge in [0.05, 0.1) is 30.0 Å². The molecule has 8 heteroatoms. The lowest BCUT2D eigenvalue weighted by atomic mass is 9.91. The average molecular weight is 480 g/mol. The highest BCUT2D eigenvalue weighted by Crippen LogP contribution is 2.40. The van der Waals surface area contributed by atoms with E-state index in [-0.39, 0.29) is 17.9 Å². The summed E-state index contributed by atoms with van der Waals surface area (Å²) in [5, 5.41) is 3.24. The van der Waals surface area contributed by atoms with E-state index in [4.69, 9.17) is 11.6 Å². The van der Waals surface area contributed by atoms with Crippen LogP contribution in [0, 0.1) is 17.6 Å². The Balaban J connectivity index is 1.57. The number of Topliss-reactive ketones (excluding diaryl/α,β-unsaturated/α-hetero) is 1. The van der Waals surface area contributed by atoms with Crippen LogP contribution in [0.25, 0.3) is 5.57 Å². The van der Waals surface area contributed by atoms with Crippen LogP contribution >= 0.6 is 11.6 Å². The highest BCUT2D eigenvalue weighted by Gasteiger charge is 2.44. The van der Waals surface area contributed by atoms with Crippen molar-refractivity contribution in [2.75, 3.05) is 4.90 Å². The van der Waals surface area contributed by atoms with E-state index in [0.29, 0.717) is 39.6 Å². The highest BCUT2D eigenvalue weighted by atomic mass is 35.5. The smallest absolute Gasteiger partial charge is 0.254 e. The van der Waals surface area contributed by atoms with Gasteiger partial charge >= 0.3 is 0 Å². The number of rotatable bonds is 5. The molecule has 0 bridgehead atoms. The van der Waals surface area contributed by atoms with Gasteiger partial charge in [-0.15, -0.1) is 0 Å². The zero-order valence-corrected chi connectivity index (χ0v) is 18.9. The Bertz CT molecular complexity index is 1340. The van der Waals surface area contributed by atoms with Gasteiger partial charge < -0.3 is 10.2 Å². The number of amides is 1. The number of allylic oxidation sites excluding steroid dienone is 1. The van der Waals surface area contributed by atoms with Crippen molar-refractivity contribution in [3.05, 3.63) is 100.0 Å². The molecule has 1 aliphatic heterocycles. The number of hydrogen-bond acceptors (Lipinski definition) is 4. The number of aromatic nitrogens is 1. The van der Waals surface area contributed by atoms with Crippen LogP contribution < -0.4 is 10.2 Å². The molecule has 34 heavy (non-hydrogen) atoms. The van der Waals surface area contributed by atoms with Crippen molar-refractivity contribution in [1.29, 1.82) is 0 Å². The summed E-state index contributed by atoms with van der Waals surface area (Å²) in [6.45, 7) is 1.99. The SMILES string of the molecule is CC1=C(C(=O)N[C@H](c2cccc(F)c2)C2CC2=O)c2cccc(F)c2CN1c1ccc(Cl)nc1. The van der Waals surface area contributed by atoms with E-state index >= 15 is 0 Å². The number of carbonyl (C=O) groups excluding carboxylic acids is 2. The van der Waals surface area contributed by atoms with E-state index in [2.05, 4.69) is 10.3 Å². The van der Waals surface area contributed by atoms with Gasteiger partial charge in [0.25, 0.3) is 5.91 Å². The van der Waals surface area contributed by atoms with Crippen molar-refractivity contribution < 1.29 is 18.4 Å². The zero-order chi connectivity index (χ0) is 24.0. The Morgan fingerprint density at radius 1 is 1.18 bits per heavy atom. The molecule has 1 amide bonds. The maximum atomic E-state index is 14.8. The summed E-state index contributed by atoms with van der Waals surface area (Å²) in [6, 6.07) is 13.2. The second kappa shape index (κ2) is 8.65. The number of benzene rings is 2. The number of fused-ring (bicyclic) bond motifs is 1. The molecule has 0 spiro atoms. The molecule has 2 atom stereocenters. The van der Waals surface area contributed by atoms with Crippen molar-refractivity contribution in [3.63, 3.8) is 0 Å². The summed E-state index contributed by atoms with van der Waals surface area (Å²) in [5.41, 5.74) is 2.90. The van der Waals surface area contributed by atoms with E-state index < -0.39 is 29.5 Å². The first kappa shape index (κ1) is 22.2. The number of ketones is 1. The molecule has 2 aromatic carbocycles. The van der Waals surface area contributed by atoms with Crippen molar-refractivity contribution >= 4 is 34.6 Å². The van der Waals surface area contributed by atoms with Gasteiger partial charge in [-0.25, -0.2) is 13.8 Å². The fourth-order valence-corrected chi connectivity index (χ4v) is 4.56. The van der Waals surface area contributed by atoms with Crippen LogP contribution in [0.2, 0.25) is 5.15 Å². The first-order valence-corrected chi connectivity index (χ1v) is 11.2. The maximum Gasteiger partial charge on any atom is 0.254 e. The number of anilines is 1. The molecule has 1 fully saturated rings. The van der Waals surface area contributed by atoms with Crippen molar-refractivity contribution in [2.24, 2.45) is 5.92 Å². The molecule has 5 rings (SSSR count). The fraction of sp³-hybridized carbons (Fsp3) is 0.192. The molecule has 172 valence electrons. The van der Waals surface area contributed by atoms with E-state index in [1.54, 1.807) is 54.4 Å². The Morgan fingerprint density at radius 2 is 1.94 bits per heavy atom. The highest BCUT2D eigenvalue weighted by molar-refractivity contribution is 6.29. The minimum absolute atomic E-state index is 0.00390. The molecule has 1 aliphatic carbocycles. The summed E-state index contributed by atoms with van der Waals surface area (Å²) in [6.07, 6.45) is 1.87. The predicted octanol–water partition coefficient (Wildman–Crippen LogP) is 5.21. The molecule has 5 nitrogen and oxygen atoms in total. The van der Waals surface area contributed by atoms with Gasteiger partial charge in [-0.05, 0) is 48.4 Å². The molecule has 1 unspecified atom stereocenters. The number of halogens is 3. The number of nitrogens with zero attached hydrogens (tertiary/aromatic N) is 2. The van der Waals surface area contributed by atoms with Crippen LogP contribution in [-0.2, 0) is 16.1 Å². The quantitative estimate of drug-likeness (QED) is 0.510. The van der Waals surface area contributed by atoms with Crippen molar-refractivity contribution in [3.8, 4) is 0 Å². The molecule has 3 aromatic rings. The zero-order valence-electron chi connectivity index (χ0n) is 18.2. The Morgan fingerprint density at radius 3 is 2.62 bits per heavy atom. The number of nitrogens with one attached hydrogen (secondary N) is 1. The van der Waals surface area contributed by atoms with Gasteiger partial charge in [-0.2, -0.15) is 0 Å². The van der Waals surface area contributed by atoms with Gasteiger partial charge in [-0.3, -0.25) is 9.59 Å². The maximum absolute atomic E-state index is 14.8. The van der Waals surface area contributed by atoms with E-state index in [1.165, 1.54) is 18.2 Å². The van der Waals surface area contributed by atoms with Crippen LogP contribution in [0.5, 0.6) is 0 Å². The lowest BCUT2D eigenvalue weighted by Crippen LogP contribution is -2.36. The largest absolute Gasteiger partial charge is 0.344 e. The molecule has 0 saturated heterocycles. The summed E-state index contributed by atoms with van der Waals surface area (Å²) in [7, 11) is 0. The third-order valence-electron chi connectivity index (χ3n) is 6.29.